The molecule has 6 aromatic heterocycles. The Labute approximate surface area is 393 Å². The first-order chi connectivity index (χ1) is 34.1. The molecular formula is C60H32N8O. The Hall–Kier alpha value is -9.83. The summed E-state index contributed by atoms with van der Waals surface area (Å²) in [4.78, 5) is 14.5. The minimum atomic E-state index is -0.801. The Morgan fingerprint density at radius 2 is 0.855 bits per heavy atom. The minimum Gasteiger partial charge on any atom is -0.457 e. The molecule has 2 aliphatic rings. The molecule has 7 heterocycles. The van der Waals surface area contributed by atoms with Crippen molar-refractivity contribution in [1.29, 1.82) is 10.5 Å². The molecule has 9 heteroatoms. The highest BCUT2D eigenvalue weighted by Crippen LogP contribution is 2.61. The van der Waals surface area contributed by atoms with E-state index >= 15 is 0 Å². The summed E-state index contributed by atoms with van der Waals surface area (Å²) in [5, 5.41) is 26.2. The van der Waals surface area contributed by atoms with Gasteiger partial charge in [0.05, 0.1) is 79.4 Å². The zero-order valence-corrected chi connectivity index (χ0v) is 36.5. The van der Waals surface area contributed by atoms with Crippen LogP contribution in [0, 0.1) is 22.7 Å². The zero-order valence-electron chi connectivity index (χ0n) is 36.5. The van der Waals surface area contributed by atoms with Crippen molar-refractivity contribution < 1.29 is 4.74 Å². The van der Waals surface area contributed by atoms with E-state index in [1.807, 2.05) is 73.3 Å². The lowest BCUT2D eigenvalue weighted by Gasteiger charge is -2.39. The summed E-state index contributed by atoms with van der Waals surface area (Å²) in [5.74, 6) is 1.43. The summed E-state index contributed by atoms with van der Waals surface area (Å²) in [5.41, 5.74) is 15.2. The normalized spacial score (nSPS) is 13.1. The van der Waals surface area contributed by atoms with Gasteiger partial charge in [-0.15, -0.1) is 0 Å². The van der Waals surface area contributed by atoms with Gasteiger partial charge in [-0.05, 0) is 108 Å². The fraction of sp³-hybridized carbons (Fsp3) is 0.0167. The standard InChI is InChI=1S/C60H32N8O/c61-32-35-13-20-52-43(27-35)44-28-36(33-62)14-21-53(44)67(52)39-16-19-47-57(31-39)69-56-30-38(15-18-46(56)60(47)48-9-5-24-64-58(48)59-49(60)10-6-25-65-59)66-51-12-4-2-8-41(51)45-29-37(17-22-54(45)66)68-50-11-3-1-7-40(50)42-23-26-63-34-55(42)68/h1-31,34H. The van der Waals surface area contributed by atoms with Crippen LogP contribution in [0.25, 0.3) is 93.9 Å². The molecule has 1 spiro atoms. The molecule has 0 bridgehead atoms. The van der Waals surface area contributed by atoms with E-state index in [-0.39, 0.29) is 0 Å². The average Bonchev–Trinajstić information content (AvgIpc) is 4.12. The van der Waals surface area contributed by atoms with Gasteiger partial charge in [-0.3, -0.25) is 15.0 Å². The first-order valence-corrected chi connectivity index (χ1v) is 22.8. The number of nitrogens with zero attached hydrogens (tertiary/aromatic N) is 8. The summed E-state index contributed by atoms with van der Waals surface area (Å²) in [6, 6.07) is 63.5. The highest BCUT2D eigenvalue weighted by Gasteiger charge is 2.52. The number of benzene rings is 7. The molecule has 0 saturated heterocycles. The topological polar surface area (TPSA) is 110 Å². The molecular weight excluding hydrogens is 849 g/mol. The molecule has 1 aliphatic heterocycles. The van der Waals surface area contributed by atoms with Crippen molar-refractivity contribution in [2.24, 2.45) is 0 Å². The van der Waals surface area contributed by atoms with Crippen LogP contribution in [0.15, 0.2) is 195 Å². The van der Waals surface area contributed by atoms with E-state index in [1.54, 1.807) is 0 Å². The molecule has 69 heavy (non-hydrogen) atoms. The maximum absolute atomic E-state index is 9.90. The highest BCUT2D eigenvalue weighted by atomic mass is 16.5. The lowest BCUT2D eigenvalue weighted by molar-refractivity contribution is 0.436. The van der Waals surface area contributed by atoms with Crippen molar-refractivity contribution in [1.82, 2.24) is 28.7 Å². The number of aromatic nitrogens is 6. The molecule has 15 rings (SSSR count). The molecule has 9 nitrogen and oxygen atoms in total. The molecule has 7 aromatic carbocycles. The number of para-hydroxylation sites is 2. The van der Waals surface area contributed by atoms with E-state index < -0.39 is 5.41 Å². The molecule has 0 fully saturated rings. The van der Waals surface area contributed by atoms with E-state index in [4.69, 9.17) is 14.7 Å². The fourth-order valence-corrected chi connectivity index (χ4v) is 11.8. The lowest BCUT2D eigenvalue weighted by atomic mass is 9.66. The van der Waals surface area contributed by atoms with Crippen molar-refractivity contribution in [3.05, 3.63) is 228 Å². The predicted molar refractivity (Wildman–Crippen MR) is 270 cm³/mol. The van der Waals surface area contributed by atoms with Crippen LogP contribution in [0.2, 0.25) is 0 Å². The number of ether oxygens (including phenoxy) is 1. The van der Waals surface area contributed by atoms with E-state index in [0.717, 1.165) is 111 Å². The van der Waals surface area contributed by atoms with Gasteiger partial charge in [-0.25, -0.2) is 0 Å². The van der Waals surface area contributed by atoms with Gasteiger partial charge in [0.2, 0.25) is 0 Å². The average molecular weight is 881 g/mol. The van der Waals surface area contributed by atoms with Gasteiger partial charge in [0.15, 0.2) is 0 Å². The monoisotopic (exact) mass is 880 g/mol. The van der Waals surface area contributed by atoms with Gasteiger partial charge in [-0.1, -0.05) is 60.7 Å². The Balaban J connectivity index is 0.964. The molecule has 0 saturated carbocycles. The molecule has 1 aliphatic carbocycles. The van der Waals surface area contributed by atoms with Crippen LogP contribution >= 0.6 is 0 Å². The Morgan fingerprint density at radius 1 is 0.391 bits per heavy atom. The van der Waals surface area contributed by atoms with E-state index in [1.165, 1.54) is 10.8 Å². The maximum Gasteiger partial charge on any atom is 0.134 e. The first kappa shape index (κ1) is 37.4. The highest BCUT2D eigenvalue weighted by molar-refractivity contribution is 6.13. The maximum atomic E-state index is 9.90. The van der Waals surface area contributed by atoms with Crippen LogP contribution in [-0.4, -0.2) is 28.7 Å². The van der Waals surface area contributed by atoms with Crippen LogP contribution in [-0.2, 0) is 5.41 Å². The SMILES string of the molecule is N#Cc1ccc2c(c1)c1cc(C#N)ccc1n2-c1ccc2c(c1)Oc1cc(-n3c4ccccc4c4cc(-n5c6ccccc6c6ccncc65)ccc43)ccc1C21c2cccnc2-c2ncccc21. The number of rotatable bonds is 3. The van der Waals surface area contributed by atoms with E-state index in [9.17, 15) is 10.5 Å². The second-order valence-corrected chi connectivity index (χ2v) is 17.8. The Morgan fingerprint density at radius 3 is 1.43 bits per heavy atom. The van der Waals surface area contributed by atoms with Crippen LogP contribution in [0.1, 0.15) is 33.4 Å². The molecule has 0 unspecified atom stereocenters. The zero-order chi connectivity index (χ0) is 45.5. The molecule has 0 N–H and O–H groups in total. The van der Waals surface area contributed by atoms with Gasteiger partial charge in [-0.2, -0.15) is 10.5 Å². The third-order valence-corrected chi connectivity index (χ3v) is 14.5. The predicted octanol–water partition coefficient (Wildman–Crippen LogP) is 13.4. The summed E-state index contributed by atoms with van der Waals surface area (Å²) >= 11 is 0. The Bertz CT molecular complexity index is 4350. The van der Waals surface area contributed by atoms with Crippen LogP contribution < -0.4 is 4.74 Å². The van der Waals surface area contributed by atoms with E-state index in [2.05, 4.69) is 152 Å². The number of hydrogen-bond acceptors (Lipinski definition) is 6. The van der Waals surface area contributed by atoms with Gasteiger partial charge in [0.25, 0.3) is 0 Å². The fourth-order valence-electron chi connectivity index (χ4n) is 11.8. The number of fused-ring (bicyclic) bond motifs is 18. The quantitative estimate of drug-likeness (QED) is 0.175. The second kappa shape index (κ2) is 13.6. The molecule has 318 valence electrons. The van der Waals surface area contributed by atoms with Crippen LogP contribution in [0.5, 0.6) is 11.5 Å². The smallest absolute Gasteiger partial charge is 0.134 e. The van der Waals surface area contributed by atoms with Crippen molar-refractivity contribution >= 4 is 65.4 Å². The number of pyridine rings is 3. The van der Waals surface area contributed by atoms with E-state index in [0.29, 0.717) is 16.9 Å². The molecule has 0 amide bonds. The Kier molecular flexibility index (Phi) is 7.38. The number of nitriles is 2. The van der Waals surface area contributed by atoms with Crippen LogP contribution in [0.3, 0.4) is 0 Å². The molecule has 0 radical (unpaired) electrons. The van der Waals surface area contributed by atoms with Crippen molar-refractivity contribution in [3.63, 3.8) is 0 Å². The van der Waals surface area contributed by atoms with Gasteiger partial charge in [0.1, 0.15) is 11.5 Å². The summed E-state index contributed by atoms with van der Waals surface area (Å²) in [7, 11) is 0. The summed E-state index contributed by atoms with van der Waals surface area (Å²) in [6.45, 7) is 0. The molecule has 0 atom stereocenters. The van der Waals surface area contributed by atoms with Crippen molar-refractivity contribution in [2.45, 2.75) is 5.41 Å². The first-order valence-electron chi connectivity index (χ1n) is 22.8. The lowest BCUT2D eigenvalue weighted by Crippen LogP contribution is -2.32. The van der Waals surface area contributed by atoms with Gasteiger partial charge >= 0.3 is 0 Å². The molecule has 13 aromatic rings. The largest absolute Gasteiger partial charge is 0.457 e. The third kappa shape index (κ3) is 4.87. The summed E-state index contributed by atoms with van der Waals surface area (Å²) in [6.07, 6.45) is 7.50. The van der Waals surface area contributed by atoms with Gasteiger partial charge in [0, 0.05) is 91.2 Å². The second-order valence-electron chi connectivity index (χ2n) is 17.8. The van der Waals surface area contributed by atoms with Crippen molar-refractivity contribution in [2.75, 3.05) is 0 Å². The van der Waals surface area contributed by atoms with Crippen molar-refractivity contribution in [3.8, 4) is 52.1 Å². The van der Waals surface area contributed by atoms with Crippen LogP contribution in [0.4, 0.5) is 0 Å². The summed E-state index contributed by atoms with van der Waals surface area (Å²) < 4.78 is 14.1. The minimum absolute atomic E-state index is 0.553. The third-order valence-electron chi connectivity index (χ3n) is 14.5. The van der Waals surface area contributed by atoms with Gasteiger partial charge < -0.3 is 18.4 Å². The number of hydrogen-bond donors (Lipinski definition) is 0.